The Hall–Kier alpha value is -1.13. The normalized spacial score (nSPS) is 11.6. The summed E-state index contributed by atoms with van der Waals surface area (Å²) in [6.07, 6.45) is 19.4. The summed E-state index contributed by atoms with van der Waals surface area (Å²) in [5.74, 6) is 0. The summed E-state index contributed by atoms with van der Waals surface area (Å²) in [7, 11) is -4.16. The van der Waals surface area contributed by atoms with Crippen molar-refractivity contribution < 1.29 is 13.0 Å². The molecule has 1 aromatic carbocycles. The van der Waals surface area contributed by atoms with E-state index in [1.807, 2.05) is 6.07 Å². The Morgan fingerprint density at radius 2 is 1.19 bits per heavy atom. The van der Waals surface area contributed by atoms with E-state index < -0.39 is 10.1 Å². The fraction of sp³-hybridized carbons (Fsp3) is 0.704. The van der Waals surface area contributed by atoms with E-state index in [0.29, 0.717) is 0 Å². The summed E-state index contributed by atoms with van der Waals surface area (Å²) < 4.78 is 32.5. The number of rotatable bonds is 17. The van der Waals surface area contributed by atoms with Crippen molar-refractivity contribution in [2.24, 2.45) is 0 Å². The summed E-state index contributed by atoms with van der Waals surface area (Å²) in [4.78, 5) is -0.00169. The number of hydrogen-bond donors (Lipinski definition) is 1. The van der Waals surface area contributed by atoms with Crippen molar-refractivity contribution in [1.82, 2.24) is 0 Å². The molecule has 0 aliphatic heterocycles. The van der Waals surface area contributed by atoms with Gasteiger partial charge in [-0.1, -0.05) is 102 Å². The Balaban J connectivity index is 2.30. The second-order valence-corrected chi connectivity index (χ2v) is 10.7. The van der Waals surface area contributed by atoms with Crippen molar-refractivity contribution >= 4 is 15.7 Å². The maximum atomic E-state index is 11.5. The summed E-state index contributed by atoms with van der Waals surface area (Å²) in [6, 6.07) is 5.00. The Kier molecular flexibility index (Phi) is 14.1. The van der Waals surface area contributed by atoms with Crippen LogP contribution in [0.5, 0.6) is 0 Å². The lowest BCUT2D eigenvalue weighted by molar-refractivity contribution is 0.483. The zero-order chi connectivity index (χ0) is 23.1. The molecule has 0 aliphatic carbocycles. The van der Waals surface area contributed by atoms with Crippen molar-refractivity contribution in [2.45, 2.75) is 129 Å². The average Bonchev–Trinajstić information content (AvgIpc) is 2.72. The molecule has 0 spiro atoms. The molecule has 0 atom stereocenters. The molecule has 0 aliphatic rings. The van der Waals surface area contributed by atoms with E-state index in [9.17, 15) is 13.0 Å². The fourth-order valence-electron chi connectivity index (χ4n) is 4.08. The molecule has 1 rings (SSSR count). The summed E-state index contributed by atoms with van der Waals surface area (Å²) in [6.45, 7) is 8.49. The summed E-state index contributed by atoms with van der Waals surface area (Å²) >= 11 is 0. The van der Waals surface area contributed by atoms with E-state index in [2.05, 4.69) is 27.7 Å². The molecule has 0 heterocycles. The van der Waals surface area contributed by atoms with Gasteiger partial charge in [-0.2, -0.15) is 8.42 Å². The molecule has 0 amide bonds. The van der Waals surface area contributed by atoms with Crippen LogP contribution in [0.15, 0.2) is 28.7 Å². The topological polar surface area (TPSA) is 54.4 Å². The first kappa shape index (κ1) is 27.9. The molecule has 0 radical (unpaired) electrons. The number of allylic oxidation sites excluding steroid dienone is 2. The van der Waals surface area contributed by atoms with Gasteiger partial charge in [-0.25, -0.2) is 0 Å². The minimum absolute atomic E-state index is 0.00169. The summed E-state index contributed by atoms with van der Waals surface area (Å²) in [5, 5.41) is 0. The van der Waals surface area contributed by atoms with Crippen LogP contribution in [0.2, 0.25) is 0 Å². The predicted octanol–water partition coefficient (Wildman–Crippen LogP) is 8.77. The molecule has 0 aromatic heterocycles. The van der Waals surface area contributed by atoms with Crippen LogP contribution in [0.1, 0.15) is 129 Å². The van der Waals surface area contributed by atoms with Gasteiger partial charge in [0.05, 0.1) is 4.90 Å². The van der Waals surface area contributed by atoms with E-state index in [1.165, 1.54) is 101 Å². The molecule has 1 aromatic rings. The smallest absolute Gasteiger partial charge is 0.282 e. The largest absolute Gasteiger partial charge is 0.294 e. The van der Waals surface area contributed by atoms with Crippen molar-refractivity contribution in [3.8, 4) is 0 Å². The highest BCUT2D eigenvalue weighted by molar-refractivity contribution is 7.85. The fourth-order valence-corrected chi connectivity index (χ4v) is 4.61. The third-order valence-corrected chi connectivity index (χ3v) is 7.18. The molecule has 0 bridgehead atoms. The van der Waals surface area contributed by atoms with Gasteiger partial charge in [0.1, 0.15) is 0 Å². The van der Waals surface area contributed by atoms with Gasteiger partial charge in [0.2, 0.25) is 0 Å². The highest BCUT2D eigenvalue weighted by Gasteiger charge is 2.14. The van der Waals surface area contributed by atoms with Gasteiger partial charge in [-0.3, -0.25) is 4.55 Å². The van der Waals surface area contributed by atoms with Crippen LogP contribution in [0, 0.1) is 0 Å². The van der Waals surface area contributed by atoms with Crippen LogP contribution < -0.4 is 0 Å². The zero-order valence-electron chi connectivity index (χ0n) is 20.5. The third kappa shape index (κ3) is 11.9. The van der Waals surface area contributed by atoms with Crippen LogP contribution >= 0.6 is 0 Å². The molecule has 0 saturated carbocycles. The van der Waals surface area contributed by atoms with E-state index >= 15 is 0 Å². The lowest BCUT2D eigenvalue weighted by Crippen LogP contribution is -2.02. The molecule has 0 saturated heterocycles. The summed E-state index contributed by atoms with van der Waals surface area (Å²) in [5.41, 5.74) is 4.53. The Bertz CT molecular complexity index is 759. The molecule has 178 valence electrons. The van der Waals surface area contributed by atoms with Crippen LogP contribution in [0.4, 0.5) is 0 Å². The van der Waals surface area contributed by atoms with Crippen molar-refractivity contribution in [2.75, 3.05) is 0 Å². The molecular weight excluding hydrogens is 404 g/mol. The number of aryl methyl sites for hydroxylation is 1. The van der Waals surface area contributed by atoms with Gasteiger partial charge in [-0.15, -0.1) is 0 Å². The minimum Gasteiger partial charge on any atom is -0.282 e. The number of unbranched alkanes of at least 4 members (excludes halogenated alkanes) is 13. The van der Waals surface area contributed by atoms with Crippen molar-refractivity contribution in [3.63, 3.8) is 0 Å². The van der Waals surface area contributed by atoms with Gasteiger partial charge >= 0.3 is 0 Å². The second-order valence-electron chi connectivity index (χ2n) is 9.27. The number of hydrogen-bond acceptors (Lipinski definition) is 2. The van der Waals surface area contributed by atoms with Crippen LogP contribution in [-0.2, 0) is 16.5 Å². The lowest BCUT2D eigenvalue weighted by atomic mass is 9.94. The van der Waals surface area contributed by atoms with Crippen LogP contribution in [0.3, 0.4) is 0 Å². The predicted molar refractivity (Wildman–Crippen MR) is 134 cm³/mol. The van der Waals surface area contributed by atoms with Crippen LogP contribution in [-0.4, -0.2) is 13.0 Å². The minimum atomic E-state index is -4.16. The van der Waals surface area contributed by atoms with Gasteiger partial charge in [0.15, 0.2) is 0 Å². The standard InChI is InChI=1S/C27H46O3S/c1-5-6-7-8-9-10-11-12-13-14-15-16-17-18-19-25-22-26(31(28,29)30)20-21-27(25)24(4)23(2)3/h20-22H,5-19H2,1-4H3,(H,28,29,30). The first-order valence-electron chi connectivity index (χ1n) is 12.5. The molecule has 0 unspecified atom stereocenters. The maximum absolute atomic E-state index is 11.5. The molecule has 3 nitrogen and oxygen atoms in total. The molecule has 1 N–H and O–H groups in total. The monoisotopic (exact) mass is 450 g/mol. The van der Waals surface area contributed by atoms with Gasteiger partial charge < -0.3 is 0 Å². The first-order chi connectivity index (χ1) is 14.8. The lowest BCUT2D eigenvalue weighted by Gasteiger charge is -2.13. The van der Waals surface area contributed by atoms with Gasteiger partial charge in [-0.05, 0) is 62.4 Å². The highest BCUT2D eigenvalue weighted by atomic mass is 32.2. The first-order valence-corrected chi connectivity index (χ1v) is 14.0. The van der Waals surface area contributed by atoms with E-state index in [0.717, 1.165) is 24.0 Å². The molecule has 31 heavy (non-hydrogen) atoms. The quantitative estimate of drug-likeness (QED) is 0.190. The Morgan fingerprint density at radius 3 is 1.61 bits per heavy atom. The molecule has 0 fully saturated rings. The van der Waals surface area contributed by atoms with Crippen LogP contribution in [0.25, 0.3) is 5.57 Å². The SMILES string of the molecule is CCCCCCCCCCCCCCCCc1cc(S(=O)(=O)O)ccc1C(C)=C(C)C. The zero-order valence-corrected chi connectivity index (χ0v) is 21.3. The van der Waals surface area contributed by atoms with E-state index in [4.69, 9.17) is 0 Å². The average molecular weight is 451 g/mol. The third-order valence-electron chi connectivity index (χ3n) is 6.33. The van der Waals surface area contributed by atoms with Gasteiger partial charge in [0.25, 0.3) is 10.1 Å². The maximum Gasteiger partial charge on any atom is 0.294 e. The second kappa shape index (κ2) is 15.6. The Morgan fingerprint density at radius 1 is 0.742 bits per heavy atom. The molecule has 4 heteroatoms. The van der Waals surface area contributed by atoms with E-state index in [1.54, 1.807) is 6.07 Å². The van der Waals surface area contributed by atoms with E-state index in [-0.39, 0.29) is 4.90 Å². The van der Waals surface area contributed by atoms with Gasteiger partial charge in [0, 0.05) is 0 Å². The Labute approximate surface area is 192 Å². The van der Waals surface area contributed by atoms with Crippen molar-refractivity contribution in [3.05, 3.63) is 34.9 Å². The van der Waals surface area contributed by atoms with Crippen molar-refractivity contribution in [1.29, 1.82) is 0 Å². The highest BCUT2D eigenvalue weighted by Crippen LogP contribution is 2.26. The number of benzene rings is 1. The molecular formula is C27H46O3S.